The first-order valence-corrected chi connectivity index (χ1v) is 6.98. The molecule has 2 aromatic carbocycles. The lowest BCUT2D eigenvalue weighted by Crippen LogP contribution is -2.34. The van der Waals surface area contributed by atoms with E-state index in [4.69, 9.17) is 16.3 Å². The van der Waals surface area contributed by atoms with Gasteiger partial charge in [0.25, 0.3) is 0 Å². The van der Waals surface area contributed by atoms with Crippen LogP contribution < -0.4 is 10.1 Å². The highest BCUT2D eigenvalue weighted by atomic mass is 35.5. The lowest BCUT2D eigenvalue weighted by atomic mass is 10.3. The minimum Gasteiger partial charge on any atom is -0.492 e. The summed E-state index contributed by atoms with van der Waals surface area (Å²) in [7, 11) is 1.72. The first-order valence-electron chi connectivity index (χ1n) is 6.61. The average molecular weight is 305 g/mol. The fraction of sp³-hybridized carbons (Fsp3) is 0.188. The van der Waals surface area contributed by atoms with Gasteiger partial charge in [0.05, 0.1) is 6.54 Å². The summed E-state index contributed by atoms with van der Waals surface area (Å²) in [6.07, 6.45) is 0. The Morgan fingerprint density at radius 1 is 1.19 bits per heavy atom. The van der Waals surface area contributed by atoms with Crippen LogP contribution in [0.3, 0.4) is 0 Å². The SMILES string of the molecule is CN(CCOc1ccccc1)C(=O)Nc1cccc(Cl)c1. The Labute approximate surface area is 129 Å². The molecule has 0 atom stereocenters. The standard InChI is InChI=1S/C16H17ClN2O2/c1-19(10-11-21-15-8-3-2-4-9-15)16(20)18-14-7-5-6-13(17)12-14/h2-9,12H,10-11H2,1H3,(H,18,20). The van der Waals surface area contributed by atoms with Crippen LogP contribution in [0.1, 0.15) is 0 Å². The van der Waals surface area contributed by atoms with Crippen LogP contribution in [0, 0.1) is 0 Å². The number of anilines is 1. The Morgan fingerprint density at radius 2 is 1.95 bits per heavy atom. The molecule has 0 saturated heterocycles. The molecule has 0 aliphatic rings. The second kappa shape index (κ2) is 7.55. The maximum absolute atomic E-state index is 12.0. The summed E-state index contributed by atoms with van der Waals surface area (Å²) in [6, 6.07) is 16.3. The van der Waals surface area contributed by atoms with Crippen molar-refractivity contribution in [2.24, 2.45) is 0 Å². The number of para-hydroxylation sites is 1. The molecular formula is C16H17ClN2O2. The molecule has 0 unspecified atom stereocenters. The number of benzene rings is 2. The van der Waals surface area contributed by atoms with Crippen molar-refractivity contribution in [3.63, 3.8) is 0 Å². The number of halogens is 1. The van der Waals surface area contributed by atoms with Crippen LogP contribution in [-0.4, -0.2) is 31.1 Å². The number of rotatable bonds is 5. The van der Waals surface area contributed by atoms with Gasteiger partial charge in [0, 0.05) is 17.8 Å². The van der Waals surface area contributed by atoms with E-state index < -0.39 is 0 Å². The van der Waals surface area contributed by atoms with Crippen molar-refractivity contribution in [3.05, 3.63) is 59.6 Å². The molecule has 0 aromatic heterocycles. The molecule has 0 spiro atoms. The number of carbonyl (C=O) groups is 1. The van der Waals surface area contributed by atoms with Crippen LogP contribution >= 0.6 is 11.6 Å². The van der Waals surface area contributed by atoms with Gasteiger partial charge in [0.2, 0.25) is 0 Å². The number of nitrogens with one attached hydrogen (secondary N) is 1. The third kappa shape index (κ3) is 5.00. The molecule has 2 aromatic rings. The quantitative estimate of drug-likeness (QED) is 0.910. The third-order valence-electron chi connectivity index (χ3n) is 2.86. The molecule has 2 amide bonds. The Balaban J connectivity index is 1.77. The van der Waals surface area contributed by atoms with E-state index in [1.54, 1.807) is 36.2 Å². The molecule has 0 saturated carbocycles. The first-order chi connectivity index (χ1) is 10.1. The maximum atomic E-state index is 12.0. The van der Waals surface area contributed by atoms with E-state index in [0.29, 0.717) is 23.9 Å². The maximum Gasteiger partial charge on any atom is 0.321 e. The van der Waals surface area contributed by atoms with E-state index in [0.717, 1.165) is 5.75 Å². The Hall–Kier alpha value is -2.20. The predicted molar refractivity (Wildman–Crippen MR) is 85.0 cm³/mol. The van der Waals surface area contributed by atoms with Gasteiger partial charge >= 0.3 is 6.03 Å². The zero-order chi connectivity index (χ0) is 15.1. The average Bonchev–Trinajstić information content (AvgIpc) is 2.48. The van der Waals surface area contributed by atoms with Crippen molar-refractivity contribution < 1.29 is 9.53 Å². The van der Waals surface area contributed by atoms with E-state index in [1.807, 2.05) is 30.3 Å². The fourth-order valence-corrected chi connectivity index (χ4v) is 1.89. The lowest BCUT2D eigenvalue weighted by molar-refractivity contribution is 0.207. The Kier molecular flexibility index (Phi) is 5.46. The number of ether oxygens (including phenoxy) is 1. The highest BCUT2D eigenvalue weighted by molar-refractivity contribution is 6.30. The summed E-state index contributed by atoms with van der Waals surface area (Å²) in [6.45, 7) is 0.921. The zero-order valence-corrected chi connectivity index (χ0v) is 12.5. The molecule has 0 bridgehead atoms. The predicted octanol–water partition coefficient (Wildman–Crippen LogP) is 3.88. The number of hydrogen-bond donors (Lipinski definition) is 1. The van der Waals surface area contributed by atoms with Gasteiger partial charge < -0.3 is 15.0 Å². The number of nitrogens with zero attached hydrogens (tertiary/aromatic N) is 1. The first kappa shape index (κ1) is 15.2. The minimum absolute atomic E-state index is 0.200. The molecule has 0 fully saturated rings. The number of urea groups is 1. The second-order valence-corrected chi connectivity index (χ2v) is 4.96. The highest BCUT2D eigenvalue weighted by Crippen LogP contribution is 2.15. The highest BCUT2D eigenvalue weighted by Gasteiger charge is 2.08. The lowest BCUT2D eigenvalue weighted by Gasteiger charge is -2.18. The van der Waals surface area contributed by atoms with E-state index in [1.165, 1.54) is 0 Å². The fourth-order valence-electron chi connectivity index (χ4n) is 1.70. The molecule has 0 aliphatic heterocycles. The van der Waals surface area contributed by atoms with Crippen LogP contribution in [0.25, 0.3) is 0 Å². The largest absolute Gasteiger partial charge is 0.492 e. The van der Waals surface area contributed by atoms with Gasteiger partial charge in [0.15, 0.2) is 0 Å². The summed E-state index contributed by atoms with van der Waals surface area (Å²) in [5.41, 5.74) is 0.670. The van der Waals surface area contributed by atoms with Crippen molar-refractivity contribution in [3.8, 4) is 5.75 Å². The molecule has 2 rings (SSSR count). The van der Waals surface area contributed by atoms with Crippen molar-refractivity contribution in [2.45, 2.75) is 0 Å². The monoisotopic (exact) mass is 304 g/mol. The van der Waals surface area contributed by atoms with Gasteiger partial charge in [-0.25, -0.2) is 4.79 Å². The minimum atomic E-state index is -0.200. The summed E-state index contributed by atoms with van der Waals surface area (Å²) in [5.74, 6) is 0.793. The zero-order valence-electron chi connectivity index (χ0n) is 11.8. The smallest absolute Gasteiger partial charge is 0.321 e. The van der Waals surface area contributed by atoms with Gasteiger partial charge in [0.1, 0.15) is 12.4 Å². The molecule has 0 aliphatic carbocycles. The van der Waals surface area contributed by atoms with Gasteiger partial charge in [-0.05, 0) is 30.3 Å². The van der Waals surface area contributed by atoms with Crippen LogP contribution in [-0.2, 0) is 0 Å². The molecule has 4 nitrogen and oxygen atoms in total. The molecule has 0 heterocycles. The van der Waals surface area contributed by atoms with Gasteiger partial charge in [-0.3, -0.25) is 0 Å². The summed E-state index contributed by atoms with van der Waals surface area (Å²) in [4.78, 5) is 13.5. The Morgan fingerprint density at radius 3 is 2.67 bits per heavy atom. The van der Waals surface area contributed by atoms with Gasteiger partial charge in [-0.2, -0.15) is 0 Å². The van der Waals surface area contributed by atoms with E-state index in [9.17, 15) is 4.79 Å². The number of amides is 2. The van der Waals surface area contributed by atoms with Crippen molar-refractivity contribution in [1.29, 1.82) is 0 Å². The molecule has 21 heavy (non-hydrogen) atoms. The number of carbonyl (C=O) groups excluding carboxylic acids is 1. The number of hydrogen-bond acceptors (Lipinski definition) is 2. The van der Waals surface area contributed by atoms with E-state index in [2.05, 4.69) is 5.32 Å². The van der Waals surface area contributed by atoms with Gasteiger partial charge in [-0.1, -0.05) is 35.9 Å². The van der Waals surface area contributed by atoms with Crippen molar-refractivity contribution in [1.82, 2.24) is 4.90 Å². The molecule has 5 heteroatoms. The number of likely N-dealkylation sites (N-methyl/N-ethyl adjacent to an activating group) is 1. The molecule has 0 radical (unpaired) electrons. The van der Waals surface area contributed by atoms with Crippen LogP contribution in [0.15, 0.2) is 54.6 Å². The summed E-state index contributed by atoms with van der Waals surface area (Å²) >= 11 is 5.87. The van der Waals surface area contributed by atoms with E-state index >= 15 is 0 Å². The van der Waals surface area contributed by atoms with Crippen LogP contribution in [0.2, 0.25) is 5.02 Å². The Bertz CT molecular complexity index is 590. The molecule has 1 N–H and O–H groups in total. The molecule has 110 valence electrons. The van der Waals surface area contributed by atoms with Crippen molar-refractivity contribution in [2.75, 3.05) is 25.5 Å². The topological polar surface area (TPSA) is 41.6 Å². The van der Waals surface area contributed by atoms with Crippen LogP contribution in [0.4, 0.5) is 10.5 Å². The van der Waals surface area contributed by atoms with Gasteiger partial charge in [-0.15, -0.1) is 0 Å². The van der Waals surface area contributed by atoms with E-state index in [-0.39, 0.29) is 6.03 Å². The summed E-state index contributed by atoms with van der Waals surface area (Å²) in [5, 5.41) is 3.36. The summed E-state index contributed by atoms with van der Waals surface area (Å²) < 4.78 is 5.55. The normalized spacial score (nSPS) is 10.0. The third-order valence-corrected chi connectivity index (χ3v) is 3.10. The van der Waals surface area contributed by atoms with Crippen LogP contribution in [0.5, 0.6) is 5.75 Å². The molecular weight excluding hydrogens is 288 g/mol. The second-order valence-electron chi connectivity index (χ2n) is 4.52. The van der Waals surface area contributed by atoms with Crippen molar-refractivity contribution >= 4 is 23.3 Å².